The van der Waals surface area contributed by atoms with Gasteiger partial charge in [-0.2, -0.15) is 26.2 Å². The van der Waals surface area contributed by atoms with E-state index in [0.717, 1.165) is 52.1 Å². The van der Waals surface area contributed by atoms with E-state index in [1.807, 2.05) is 0 Å². The summed E-state index contributed by atoms with van der Waals surface area (Å²) in [5.74, 6) is -8.87. The van der Waals surface area contributed by atoms with Crippen LogP contribution in [0.4, 0.5) is 17.6 Å². The number of halogens is 4. The van der Waals surface area contributed by atoms with Gasteiger partial charge in [0.2, 0.25) is 0 Å². The number of alkyl halides is 4. The van der Waals surface area contributed by atoms with Crippen LogP contribution in [-0.4, -0.2) is 157 Å². The Kier molecular flexibility index (Phi) is 30.6. The van der Waals surface area contributed by atoms with Crippen LogP contribution in [0, 0.1) is 94.7 Å². The van der Waals surface area contributed by atoms with Gasteiger partial charge in [0.1, 0.15) is 74.9 Å². The molecular weight excluding hydrogens is 1650 g/mol. The molecule has 36 heteroatoms. The monoisotopic (exact) mass is 1730 g/mol. The first-order chi connectivity index (χ1) is 57.4. The van der Waals surface area contributed by atoms with E-state index in [9.17, 15) is 70.8 Å². The van der Waals surface area contributed by atoms with Crippen molar-refractivity contribution in [3.63, 3.8) is 0 Å². The number of hydrogen-bond acceptors (Lipinski definition) is 29. The fourth-order valence-corrected chi connectivity index (χ4v) is 23.4. The number of methoxy groups -OCH3 is 1. The lowest BCUT2D eigenvalue weighted by Gasteiger charge is -2.22. The standard InChI is InChI=1S/2C18H15S.C13H14F2O9S.2C11H14O5.C9H10O4.C3H4F2O5S/c2*1-4-10-16(11-5-1)19(17-12-6-2-7-13-17)18-14-8-3-9-15-18;14-13(15,25-24-23-19)12(18)21-2-1-20-10(16)8-5-3-6-7(4-5)22-11(17)9(6)8;2*12-1-2-15-10(13)8-5-3-6-7(4-5)16-11(14)9(6)8;10-8(11)6-3-1-4-5(2-3)13-9(12)7(4)6;1-8-2(6)3(4,5)11-10-9-7/h2*1-15H;5-9,19H,1-4H2;2*5-9,12H,1-4H2;3-7H,1-2H2,(H,10,11);7H,1H3/q2*+1;;;;;/p-2. The van der Waals surface area contributed by atoms with E-state index >= 15 is 0 Å². The molecule has 12 fully saturated rings. The van der Waals surface area contributed by atoms with Crippen molar-refractivity contribution in [3.8, 4) is 0 Å². The summed E-state index contributed by atoms with van der Waals surface area (Å²) < 4.78 is 101. The normalized spacial score (nSPS) is 28.6. The highest BCUT2D eigenvalue weighted by Crippen LogP contribution is 2.61. The Morgan fingerprint density at radius 2 is 0.630 bits per heavy atom. The van der Waals surface area contributed by atoms with Gasteiger partial charge in [-0.3, -0.25) is 48.4 Å². The maximum atomic E-state index is 13.1. The number of ether oxygens (including phenoxy) is 9. The maximum absolute atomic E-state index is 13.1. The minimum absolute atomic E-state index is 0.00599. The van der Waals surface area contributed by atoms with E-state index in [1.54, 1.807) is 0 Å². The third kappa shape index (κ3) is 20.5. The van der Waals surface area contributed by atoms with Gasteiger partial charge in [0.25, 0.3) is 0 Å². The molecule has 20 unspecified atom stereocenters. The number of esters is 9. The van der Waals surface area contributed by atoms with Gasteiger partial charge in [-0.25, -0.2) is 9.59 Å². The second kappa shape index (κ2) is 40.9. The number of aliphatic hydroxyl groups is 2. The van der Waals surface area contributed by atoms with Crippen molar-refractivity contribution in [3.05, 3.63) is 182 Å². The van der Waals surface area contributed by atoms with Gasteiger partial charge in [0.05, 0.1) is 89.5 Å². The second-order valence-corrected chi connectivity index (χ2v) is 35.3. The molecule has 0 aromatic heterocycles. The SMILES string of the molecule is COC(=O)C(F)(F)SOO[O-].O=C(O)C1C2CC3OC(=O)C1C3C2.O=C(OCCO)C1C2CC3OC(=O)C1C3C2.O=C(OCCO)C1C2CC3OC(=O)C1C3C2.O=C(OCCOC(=O)C(F)(F)SOO[O-])C1C2CC3OC(=O)C1C3C2.c1ccc([S+](c2ccccc2)c2ccccc2)cc1.c1ccc([S+](c2ccccc2)c2ccccc2)cc1. The largest absolute Gasteiger partial charge is 0.691 e. The van der Waals surface area contributed by atoms with Gasteiger partial charge in [-0.15, -0.1) is 0 Å². The van der Waals surface area contributed by atoms with Gasteiger partial charge in [-0.05, 0) is 148 Å². The van der Waals surface area contributed by atoms with Gasteiger partial charge >= 0.3 is 70.2 Å². The van der Waals surface area contributed by atoms with E-state index in [2.05, 4.69) is 210 Å². The van der Waals surface area contributed by atoms with Crippen molar-refractivity contribution in [1.82, 2.24) is 0 Å². The van der Waals surface area contributed by atoms with Crippen molar-refractivity contribution < 1.29 is 153 Å². The summed E-state index contributed by atoms with van der Waals surface area (Å²) in [5, 5.41) is 41.9. The Hall–Kier alpha value is -9.18. The van der Waals surface area contributed by atoms with Crippen LogP contribution in [-0.2, 0) is 131 Å². The zero-order valence-electron chi connectivity index (χ0n) is 63.5. The van der Waals surface area contributed by atoms with Crippen LogP contribution in [0.3, 0.4) is 0 Å². The molecular formula is C83H84F4O28S4. The maximum Gasteiger partial charge on any atom is 0.415 e. The predicted molar refractivity (Wildman–Crippen MR) is 402 cm³/mol. The van der Waals surface area contributed by atoms with E-state index in [-0.39, 0.29) is 179 Å². The molecule has 0 spiro atoms. The Balaban J connectivity index is 0.000000129. The molecule has 8 aliphatic carbocycles. The van der Waals surface area contributed by atoms with Gasteiger partial charge in [0.15, 0.2) is 29.4 Å². The average Bonchev–Trinajstić information content (AvgIpc) is 1.59. The lowest BCUT2D eigenvalue weighted by Crippen LogP contribution is -2.34. The molecule has 28 nitrogen and oxygen atoms in total. The van der Waals surface area contributed by atoms with Gasteiger partial charge < -0.3 is 68.5 Å². The molecule has 4 aliphatic heterocycles. The van der Waals surface area contributed by atoms with E-state index in [4.69, 9.17) is 53.7 Å². The fourth-order valence-electron chi connectivity index (χ4n) is 18.7. The third-order valence-electron chi connectivity index (χ3n) is 23.1. The lowest BCUT2D eigenvalue weighted by atomic mass is 9.80. The first kappa shape index (κ1) is 89.1. The minimum Gasteiger partial charge on any atom is -0.691 e. The summed E-state index contributed by atoms with van der Waals surface area (Å²) in [5.41, 5.74) is 0. The summed E-state index contributed by atoms with van der Waals surface area (Å²) in [6.45, 7) is -1.38. The van der Waals surface area contributed by atoms with Crippen molar-refractivity contribution >= 4 is 106 Å². The van der Waals surface area contributed by atoms with E-state index in [1.165, 1.54) is 29.4 Å². The number of aliphatic hydroxyl groups excluding tert-OH is 2. The first-order valence-electron chi connectivity index (χ1n) is 38.3. The van der Waals surface area contributed by atoms with E-state index in [0.29, 0.717) is 6.42 Å². The molecule has 6 aromatic rings. The summed E-state index contributed by atoms with van der Waals surface area (Å²) in [6, 6.07) is 64.3. The van der Waals surface area contributed by atoms with Crippen molar-refractivity contribution in [1.29, 1.82) is 0 Å². The Morgan fingerprint density at radius 1 is 0.387 bits per heavy atom. The Bertz CT molecular complexity index is 4080. The van der Waals surface area contributed by atoms with Crippen LogP contribution in [0.2, 0.25) is 0 Å². The summed E-state index contributed by atoms with van der Waals surface area (Å²) in [4.78, 5) is 122. The Labute approximate surface area is 693 Å². The van der Waals surface area contributed by atoms with E-state index < -0.39 is 95.4 Å². The number of rotatable bonds is 25. The molecule has 4 saturated heterocycles. The topological polar surface area (TPSA) is 398 Å². The van der Waals surface area contributed by atoms with Crippen molar-refractivity contribution in [2.24, 2.45) is 94.7 Å². The van der Waals surface area contributed by atoms with Gasteiger partial charge in [-0.1, -0.05) is 109 Å². The summed E-state index contributed by atoms with van der Waals surface area (Å²) in [6.07, 6.45) is 6.40. The molecule has 20 atom stereocenters. The average molecular weight is 1730 g/mol. The first-order valence-corrected chi connectivity index (χ1v) is 42.2. The molecule has 636 valence electrons. The molecule has 0 radical (unpaired) electrons. The van der Waals surface area contributed by atoms with Crippen LogP contribution in [0.5, 0.6) is 0 Å². The number of aliphatic carboxylic acids is 1. The highest BCUT2D eigenvalue weighted by Gasteiger charge is 2.68. The van der Waals surface area contributed by atoms with Crippen LogP contribution in [0.15, 0.2) is 211 Å². The molecule has 8 bridgehead atoms. The minimum atomic E-state index is -4.15. The van der Waals surface area contributed by atoms with Crippen molar-refractivity contribution in [2.45, 2.75) is 116 Å². The number of benzene rings is 6. The smallest absolute Gasteiger partial charge is 0.415 e. The molecule has 0 amide bonds. The van der Waals surface area contributed by atoms with Crippen LogP contribution >= 0.6 is 24.1 Å². The third-order valence-corrected chi connectivity index (χ3v) is 28.6. The number of hydrogen-bond donors (Lipinski definition) is 3. The molecule has 6 aromatic carbocycles. The molecule has 18 rings (SSSR count). The van der Waals surface area contributed by atoms with Crippen LogP contribution in [0.1, 0.15) is 51.4 Å². The quantitative estimate of drug-likeness (QED) is 0.00705. The van der Waals surface area contributed by atoms with Crippen molar-refractivity contribution in [2.75, 3.05) is 46.8 Å². The van der Waals surface area contributed by atoms with Crippen LogP contribution in [0.25, 0.3) is 0 Å². The molecule has 119 heavy (non-hydrogen) atoms. The zero-order chi connectivity index (χ0) is 84.7. The summed E-state index contributed by atoms with van der Waals surface area (Å²) in [7, 11) is 0.743. The number of carbonyl (C=O) groups excluding carboxylic acids is 9. The predicted octanol–water partition coefficient (Wildman–Crippen LogP) is 8.63. The lowest BCUT2D eigenvalue weighted by molar-refractivity contribution is -0.777. The fraction of sp³-hybridized carbons (Fsp3) is 0.446. The summed E-state index contributed by atoms with van der Waals surface area (Å²) >= 11 is -1.55. The molecule has 3 N–H and O–H groups in total. The highest BCUT2D eigenvalue weighted by molar-refractivity contribution is 7.97. The Morgan fingerprint density at radius 3 is 0.882 bits per heavy atom. The molecule has 12 aliphatic rings. The van der Waals surface area contributed by atoms with Gasteiger partial charge in [0, 0.05) is 23.7 Å². The second-order valence-electron chi connectivity index (χ2n) is 29.6. The highest BCUT2D eigenvalue weighted by atomic mass is 32.2. The molecule has 4 heterocycles. The van der Waals surface area contributed by atoms with Crippen LogP contribution < -0.4 is 10.5 Å². The number of carboxylic acid groups (broad SMARTS) is 1. The number of carbonyl (C=O) groups is 10. The molecule has 8 saturated carbocycles. The zero-order valence-corrected chi connectivity index (χ0v) is 66.7. The number of carboxylic acids is 1. The number of fused-ring (bicyclic) bond motifs is 4.